The topological polar surface area (TPSA) is 497 Å². The maximum Gasteiger partial charge on any atom is 0.252 e. The number of nitriles is 4. The minimum atomic E-state index is -2.63. The van der Waals surface area contributed by atoms with Crippen molar-refractivity contribution in [2.45, 2.75) is 165 Å². The number of thiazole rings is 1. The molecule has 0 bridgehead atoms. The number of aliphatic hydroxyl groups excluding tert-OH is 1. The molecule has 0 radical (unpaired) electrons. The SMILES string of the molecule is Cc1cnc(-c2cnc3c(ccn3C[C@H]3C[C@@H](Nc4c(-c5ncc(CO)o5)cnc5c4ccn5[C@H]4C[C@@H](Nc5c(-c6ncc(C(C)(C)O)o6)cnc6[nH]ccc56)CN(C(=O)CC#N)C4)CN(C(=O)CC#N)C3)c2N[C@@H]2C[C@H](Cn3ccc4c(N[C@@H]5C[C@H](n6ccc7c(N[C@@H]8C[C@H](C)CN(CC9CC9(F)F)C8)c(-c8nccs8)cnc76)CN(C(=O)CC#N)C5)c(-c5nncs5)cnc43)CN(C(=O)CC#N)C2)o1. The number of fused-ring (bicyclic) bond motifs is 5. The van der Waals surface area contributed by atoms with E-state index in [2.05, 4.69) is 95.9 Å². The number of aliphatic hydroxyl groups is 2. The molecule has 0 aromatic carbocycles. The van der Waals surface area contributed by atoms with Crippen molar-refractivity contribution in [3.63, 3.8) is 0 Å². The van der Waals surface area contributed by atoms with Gasteiger partial charge in [-0.1, -0.05) is 18.3 Å². The lowest BCUT2D eigenvalue weighted by molar-refractivity contribution is -0.133. The molecule has 1 unspecified atom stereocenters. The number of rotatable bonds is 29. The molecule has 5 aliphatic heterocycles. The van der Waals surface area contributed by atoms with E-state index in [-0.39, 0.29) is 155 Å². The van der Waals surface area contributed by atoms with Crippen LogP contribution in [0.25, 0.3) is 111 Å². The standard InChI is InChI=1S/C98H100F2N30O9S2/c1-54-25-59(45-122(39-54)44-58-30-98(58,99)100)116-86-71-13-23-130(91(71)111-36-75(86)95-106-19-24-140-95)65-29-63(49-128(51-65)81(135)8-17-104)120-85-69-11-21-124(89(69)109-37-76(85)96-121-115-53-141-96)41-56-26-60(46-125(42-56)78(132)5-14-101)117-83-68-10-20-123(88(68)108-34-73(83)92-112-31-55(2)137-92)40-57-27-61(47-126(43-57)79(133)6-15-102)118-84-70-12-22-129(90(70)110-35-74(84)93-113-32-66(52-131)138-93)64-28-62(48-127(50-64)80(134)7-16-103)119-82-67-9-18-105-87(67)107-33-72(82)94-114-38-77(139-94)97(3,4)136/h9-13,18-24,31-38,53-54,56-65,131,136H,5-8,25-30,39-52H2,1-4H3,(H,108,117)(H,109,120)(H,110,118)(H,111,116)(H2,105,107,119)/t54-,56+,57+,58?,59+,60+,61+,62+,63+,64-,65-/m0/s1. The molecule has 0 spiro atoms. The third-order valence-corrected chi connectivity index (χ3v) is 29.4. The van der Waals surface area contributed by atoms with E-state index in [9.17, 15) is 59.2 Å². The molecule has 6 fully saturated rings. The van der Waals surface area contributed by atoms with Crippen LogP contribution in [-0.2, 0) is 44.5 Å². The summed E-state index contributed by atoms with van der Waals surface area (Å²) in [5.41, 5.74) is 9.68. The highest BCUT2D eigenvalue weighted by molar-refractivity contribution is 7.13. The summed E-state index contributed by atoms with van der Waals surface area (Å²) in [5, 5.41) is 96.4. The van der Waals surface area contributed by atoms with Gasteiger partial charge in [0.05, 0.1) is 111 Å². The predicted octanol–water partition coefficient (Wildman–Crippen LogP) is 13.2. The molecule has 43 heteroatoms. The first-order chi connectivity index (χ1) is 68.4. The largest absolute Gasteiger partial charge is 0.441 e. The molecule has 722 valence electrons. The normalized spacial score (nSPS) is 21.7. The van der Waals surface area contributed by atoms with Crippen molar-refractivity contribution in [3.8, 4) is 79.8 Å². The molecular weight excluding hydrogens is 1840 g/mol. The van der Waals surface area contributed by atoms with Crippen LogP contribution in [0.1, 0.15) is 114 Å². The van der Waals surface area contributed by atoms with Crippen molar-refractivity contribution in [2.24, 2.45) is 23.7 Å². The number of oxazole rings is 3. The van der Waals surface area contributed by atoms with E-state index >= 15 is 0 Å². The smallest absolute Gasteiger partial charge is 0.252 e. The van der Waals surface area contributed by atoms with Crippen LogP contribution in [0.5, 0.6) is 0 Å². The Bertz CT molecular complexity index is 7450. The van der Waals surface area contributed by atoms with E-state index in [0.717, 1.165) is 45.4 Å². The number of likely N-dealkylation sites (tertiary alicyclic amines) is 5. The van der Waals surface area contributed by atoms with E-state index < -0.39 is 54.3 Å². The predicted molar refractivity (Wildman–Crippen MR) is 519 cm³/mol. The number of piperidine rings is 5. The fourth-order valence-corrected chi connectivity index (χ4v) is 22.7. The van der Waals surface area contributed by atoms with Crippen LogP contribution in [-0.4, -0.2) is 245 Å². The van der Waals surface area contributed by atoms with Crippen molar-refractivity contribution in [2.75, 3.05) is 98.6 Å². The number of amides is 4. The second kappa shape index (κ2) is 38.2. The van der Waals surface area contributed by atoms with Crippen LogP contribution in [0, 0.1) is 75.9 Å². The van der Waals surface area contributed by atoms with Crippen LogP contribution < -0.4 is 26.6 Å². The number of aryl methyl sites for hydroxylation is 1. The number of nitrogens with zero attached hydrogens (tertiary/aromatic N) is 24. The first-order valence-electron chi connectivity index (χ1n) is 47.1. The van der Waals surface area contributed by atoms with E-state index in [0.29, 0.717) is 159 Å². The number of aromatic amines is 1. The number of H-pyrrole nitrogens is 1. The van der Waals surface area contributed by atoms with Gasteiger partial charge in [-0.3, -0.25) is 19.2 Å². The number of anilines is 5. The zero-order chi connectivity index (χ0) is 97.2. The molecule has 11 atom stereocenters. The molecule has 4 amide bonds. The maximum atomic E-state index is 14.4. The molecule has 1 aliphatic carbocycles. The molecule has 15 aromatic heterocycles. The minimum absolute atomic E-state index is 0.0620. The molecule has 39 nitrogen and oxygen atoms in total. The van der Waals surface area contributed by atoms with Crippen LogP contribution in [0.3, 0.4) is 0 Å². The van der Waals surface area contributed by atoms with Crippen molar-refractivity contribution in [3.05, 3.63) is 145 Å². The maximum absolute atomic E-state index is 14.4. The minimum Gasteiger partial charge on any atom is -0.441 e. The summed E-state index contributed by atoms with van der Waals surface area (Å²) in [6.07, 6.45) is 25.8. The van der Waals surface area contributed by atoms with Crippen LogP contribution >= 0.6 is 22.7 Å². The van der Waals surface area contributed by atoms with Crippen molar-refractivity contribution in [1.29, 1.82) is 21.0 Å². The van der Waals surface area contributed by atoms with E-state index in [4.69, 9.17) is 43.2 Å². The van der Waals surface area contributed by atoms with E-state index in [1.807, 2.05) is 81.9 Å². The monoisotopic (exact) mass is 1940 g/mol. The van der Waals surface area contributed by atoms with Crippen LogP contribution in [0.15, 0.2) is 141 Å². The summed E-state index contributed by atoms with van der Waals surface area (Å²) in [6.45, 7) is 11.1. The quantitative estimate of drug-likeness (QED) is 0.0216. The van der Waals surface area contributed by atoms with Crippen LogP contribution in [0.2, 0.25) is 0 Å². The van der Waals surface area contributed by atoms with Crippen molar-refractivity contribution >= 4 is 130 Å². The number of halogens is 2. The Hall–Kier alpha value is -15.2. The van der Waals surface area contributed by atoms with Gasteiger partial charge in [0.15, 0.2) is 10.8 Å². The molecular formula is C98H100F2N30O9S2. The van der Waals surface area contributed by atoms with Crippen molar-refractivity contribution < 1.29 is 51.4 Å². The first-order valence-corrected chi connectivity index (χ1v) is 48.9. The lowest BCUT2D eigenvalue weighted by Crippen LogP contribution is -2.49. The van der Waals surface area contributed by atoms with Gasteiger partial charge in [0.1, 0.15) is 88.2 Å². The molecule has 20 heterocycles. The highest BCUT2D eigenvalue weighted by Crippen LogP contribution is 2.51. The number of aromatic nitrogens is 16. The highest BCUT2D eigenvalue weighted by Gasteiger charge is 2.57. The number of hydrogen-bond donors (Lipinski definition) is 8. The Morgan fingerprint density at radius 3 is 1.43 bits per heavy atom. The zero-order valence-electron chi connectivity index (χ0n) is 77.5. The molecule has 5 saturated heterocycles. The summed E-state index contributed by atoms with van der Waals surface area (Å²) in [6, 6.07) is 15.5. The lowest BCUT2D eigenvalue weighted by atomic mass is 9.93. The Morgan fingerprint density at radius 1 is 0.504 bits per heavy atom. The Morgan fingerprint density at radius 2 is 0.957 bits per heavy atom. The second-order valence-corrected chi connectivity index (χ2v) is 40.2. The Balaban J connectivity index is 0.563. The molecule has 1 saturated carbocycles. The zero-order valence-corrected chi connectivity index (χ0v) is 79.1. The summed E-state index contributed by atoms with van der Waals surface area (Å²) in [5.74, 6) is -3.23. The number of carbonyl (C=O) groups is 4. The fraction of sp³-hybridized carbons (Fsp3) is 0.418. The average Bonchev–Trinajstić information content (AvgIpc) is 1.62. The van der Waals surface area contributed by atoms with Crippen molar-refractivity contribution in [1.82, 2.24) is 103 Å². The fourth-order valence-electron chi connectivity index (χ4n) is 21.5. The van der Waals surface area contributed by atoms with Gasteiger partial charge in [-0.15, -0.1) is 21.5 Å². The van der Waals surface area contributed by atoms with Gasteiger partial charge in [0, 0.05) is 228 Å². The lowest BCUT2D eigenvalue weighted by Gasteiger charge is -2.39. The van der Waals surface area contributed by atoms with Gasteiger partial charge < -0.3 is 97.8 Å². The molecule has 15 aromatic rings. The Labute approximate surface area is 813 Å². The van der Waals surface area contributed by atoms with Gasteiger partial charge in [-0.25, -0.2) is 53.6 Å². The number of nitrogens with one attached hydrogen (secondary N) is 6. The molecule has 21 rings (SSSR count). The molecule has 141 heavy (non-hydrogen) atoms. The van der Waals surface area contributed by atoms with Gasteiger partial charge in [0.25, 0.3) is 5.92 Å². The van der Waals surface area contributed by atoms with E-state index in [1.54, 1.807) is 89.3 Å². The number of carbonyl (C=O) groups excluding carboxylic acids is 4. The van der Waals surface area contributed by atoms with Gasteiger partial charge >= 0.3 is 0 Å². The molecule has 8 N–H and O–H groups in total. The van der Waals surface area contributed by atoms with Gasteiger partial charge in [-0.05, 0) is 101 Å². The summed E-state index contributed by atoms with van der Waals surface area (Å²) >= 11 is 2.85. The van der Waals surface area contributed by atoms with Gasteiger partial charge in [0.2, 0.25) is 41.3 Å². The van der Waals surface area contributed by atoms with E-state index in [1.165, 1.54) is 35.1 Å². The highest BCUT2D eigenvalue weighted by atomic mass is 32.1. The molecule has 6 aliphatic rings. The summed E-state index contributed by atoms with van der Waals surface area (Å²) < 4.78 is 55.6. The van der Waals surface area contributed by atoms with Crippen LogP contribution in [0.4, 0.5) is 37.2 Å². The van der Waals surface area contributed by atoms with Gasteiger partial charge in [-0.2, -0.15) is 21.0 Å². The summed E-state index contributed by atoms with van der Waals surface area (Å²) in [7, 11) is 0. The number of pyridine rings is 5. The first kappa shape index (κ1) is 92.2. The number of alkyl halides is 2. The summed E-state index contributed by atoms with van der Waals surface area (Å²) in [4.78, 5) is 113. The third-order valence-electron chi connectivity index (χ3n) is 27.9. The Kier molecular flexibility index (Phi) is 25.0. The second-order valence-electron chi connectivity index (χ2n) is 38.5. The third kappa shape index (κ3) is 18.7. The number of hydrogen-bond acceptors (Lipinski definition) is 32. The average molecular weight is 1940 g/mol.